The predicted octanol–water partition coefficient (Wildman–Crippen LogP) is 2.33. The maximum Gasteiger partial charge on any atom is 0.413 e. The van der Waals surface area contributed by atoms with Crippen molar-refractivity contribution in [2.45, 2.75) is 25.4 Å². The number of amides is 1. The molecule has 0 radical (unpaired) electrons. The predicted molar refractivity (Wildman–Crippen MR) is 87.4 cm³/mol. The van der Waals surface area contributed by atoms with Crippen molar-refractivity contribution in [3.8, 4) is 0 Å². The van der Waals surface area contributed by atoms with Gasteiger partial charge in [-0.15, -0.1) is 0 Å². The number of pyridine rings is 1. The van der Waals surface area contributed by atoms with E-state index >= 15 is 0 Å². The maximum absolute atomic E-state index is 11.8. The average Bonchev–Trinajstić information content (AvgIpc) is 3.32. The van der Waals surface area contributed by atoms with Gasteiger partial charge in [0.1, 0.15) is 30.2 Å². The SMILES string of the molecule is Nc1cc(NC(=O)OCc2cn3cc(C4CC4)ccc3n2)ncn1. The summed E-state index contributed by atoms with van der Waals surface area (Å²) in [7, 11) is 0. The second kappa shape index (κ2) is 5.80. The van der Waals surface area contributed by atoms with Crippen molar-refractivity contribution >= 4 is 23.4 Å². The van der Waals surface area contributed by atoms with E-state index in [4.69, 9.17) is 10.5 Å². The Kier molecular flexibility index (Phi) is 3.49. The Morgan fingerprint density at radius 2 is 2.21 bits per heavy atom. The molecule has 24 heavy (non-hydrogen) atoms. The van der Waals surface area contributed by atoms with Crippen LogP contribution in [-0.4, -0.2) is 25.4 Å². The Morgan fingerprint density at radius 3 is 3.00 bits per heavy atom. The second-order valence-electron chi connectivity index (χ2n) is 5.76. The van der Waals surface area contributed by atoms with Crippen molar-refractivity contribution in [1.82, 2.24) is 19.4 Å². The molecule has 0 atom stereocenters. The zero-order valence-electron chi connectivity index (χ0n) is 12.8. The molecule has 3 aromatic rings. The number of nitrogens with two attached hydrogens (primary N) is 1. The second-order valence-corrected chi connectivity index (χ2v) is 5.76. The van der Waals surface area contributed by atoms with Gasteiger partial charge in [-0.3, -0.25) is 5.32 Å². The molecule has 1 aliphatic rings. The number of rotatable bonds is 4. The summed E-state index contributed by atoms with van der Waals surface area (Å²) in [5.74, 6) is 1.24. The molecule has 0 spiro atoms. The number of anilines is 2. The van der Waals surface area contributed by atoms with E-state index in [1.807, 2.05) is 16.7 Å². The average molecular weight is 324 g/mol. The van der Waals surface area contributed by atoms with Gasteiger partial charge in [0.2, 0.25) is 0 Å². The van der Waals surface area contributed by atoms with Gasteiger partial charge in [0.05, 0.1) is 5.69 Å². The number of aromatic nitrogens is 4. The minimum absolute atomic E-state index is 0.0762. The number of nitrogens with one attached hydrogen (secondary N) is 1. The van der Waals surface area contributed by atoms with Gasteiger partial charge >= 0.3 is 6.09 Å². The number of carbonyl (C=O) groups is 1. The Balaban J connectivity index is 1.39. The molecule has 0 aromatic carbocycles. The summed E-state index contributed by atoms with van der Waals surface area (Å²) < 4.78 is 7.13. The van der Waals surface area contributed by atoms with Crippen LogP contribution < -0.4 is 11.1 Å². The van der Waals surface area contributed by atoms with Gasteiger partial charge in [0.15, 0.2) is 0 Å². The molecule has 122 valence electrons. The standard InChI is InChI=1S/C16H16N6O2/c17-13-5-14(19-9-18-13)21-16(23)24-8-12-7-22-6-11(10-1-2-10)3-4-15(22)20-12/h3-7,9-10H,1-2,8H2,(H3,17,18,19,21,23). The summed E-state index contributed by atoms with van der Waals surface area (Å²) in [5, 5.41) is 2.49. The molecule has 1 amide bonds. The molecule has 3 heterocycles. The third-order valence-electron chi connectivity index (χ3n) is 3.84. The van der Waals surface area contributed by atoms with Gasteiger partial charge in [-0.1, -0.05) is 6.07 Å². The molecular formula is C16H16N6O2. The Bertz CT molecular complexity index is 902. The monoisotopic (exact) mass is 324 g/mol. The number of carbonyl (C=O) groups excluding carboxylic acids is 1. The lowest BCUT2D eigenvalue weighted by molar-refractivity contribution is 0.153. The zero-order chi connectivity index (χ0) is 16.5. The fourth-order valence-corrected chi connectivity index (χ4v) is 2.51. The molecule has 1 aliphatic carbocycles. The summed E-state index contributed by atoms with van der Waals surface area (Å²) >= 11 is 0. The number of nitrogen functional groups attached to an aromatic ring is 1. The lowest BCUT2D eigenvalue weighted by Gasteiger charge is -2.04. The fraction of sp³-hybridized carbons (Fsp3) is 0.250. The number of hydrogen-bond acceptors (Lipinski definition) is 6. The highest BCUT2D eigenvalue weighted by atomic mass is 16.5. The molecule has 1 fully saturated rings. The summed E-state index contributed by atoms with van der Waals surface area (Å²) in [6, 6.07) is 5.54. The largest absolute Gasteiger partial charge is 0.443 e. The molecule has 3 aromatic heterocycles. The molecule has 8 heteroatoms. The minimum atomic E-state index is -0.621. The highest BCUT2D eigenvalue weighted by molar-refractivity contribution is 5.83. The Labute approximate surface area is 137 Å². The molecule has 0 unspecified atom stereocenters. The van der Waals surface area contributed by atoms with Crippen LogP contribution in [0.2, 0.25) is 0 Å². The van der Waals surface area contributed by atoms with E-state index in [-0.39, 0.29) is 18.2 Å². The minimum Gasteiger partial charge on any atom is -0.443 e. The van der Waals surface area contributed by atoms with Crippen LogP contribution in [-0.2, 0) is 11.3 Å². The number of hydrogen-bond donors (Lipinski definition) is 2. The first-order chi connectivity index (χ1) is 11.7. The van der Waals surface area contributed by atoms with Crippen LogP contribution in [0.5, 0.6) is 0 Å². The van der Waals surface area contributed by atoms with Crippen LogP contribution in [0.4, 0.5) is 16.4 Å². The molecule has 0 saturated heterocycles. The Morgan fingerprint density at radius 1 is 1.33 bits per heavy atom. The number of fused-ring (bicyclic) bond motifs is 1. The van der Waals surface area contributed by atoms with Gasteiger partial charge in [-0.05, 0) is 30.4 Å². The first kappa shape index (κ1) is 14.4. The van der Waals surface area contributed by atoms with Crippen LogP contribution in [0.3, 0.4) is 0 Å². The molecule has 0 bridgehead atoms. The van der Waals surface area contributed by atoms with E-state index in [0.29, 0.717) is 11.6 Å². The van der Waals surface area contributed by atoms with Crippen molar-refractivity contribution in [1.29, 1.82) is 0 Å². The van der Waals surface area contributed by atoms with Crippen LogP contribution in [0, 0.1) is 0 Å². The highest BCUT2D eigenvalue weighted by Gasteiger charge is 2.23. The third kappa shape index (κ3) is 3.12. The smallest absolute Gasteiger partial charge is 0.413 e. The quantitative estimate of drug-likeness (QED) is 0.762. The summed E-state index contributed by atoms with van der Waals surface area (Å²) in [5.41, 5.74) is 8.37. The van der Waals surface area contributed by atoms with E-state index in [9.17, 15) is 4.79 Å². The Hall–Kier alpha value is -3.16. The lowest BCUT2D eigenvalue weighted by atomic mass is 10.2. The van der Waals surface area contributed by atoms with Gasteiger partial charge in [-0.25, -0.2) is 19.7 Å². The maximum atomic E-state index is 11.8. The molecule has 8 nitrogen and oxygen atoms in total. The third-order valence-corrected chi connectivity index (χ3v) is 3.84. The molecule has 3 N–H and O–H groups in total. The molecular weight excluding hydrogens is 308 g/mol. The fourth-order valence-electron chi connectivity index (χ4n) is 2.51. The summed E-state index contributed by atoms with van der Waals surface area (Å²) in [6.45, 7) is 0.0762. The van der Waals surface area contributed by atoms with E-state index in [2.05, 4.69) is 32.5 Å². The van der Waals surface area contributed by atoms with Crippen LogP contribution in [0.15, 0.2) is 36.9 Å². The van der Waals surface area contributed by atoms with Gasteiger partial charge in [0, 0.05) is 18.5 Å². The number of ether oxygens (including phenoxy) is 1. The van der Waals surface area contributed by atoms with Gasteiger partial charge in [-0.2, -0.15) is 0 Å². The normalized spacial score (nSPS) is 13.8. The van der Waals surface area contributed by atoms with E-state index < -0.39 is 6.09 Å². The van der Waals surface area contributed by atoms with Crippen molar-refractivity contribution in [3.05, 3.63) is 48.2 Å². The molecule has 1 saturated carbocycles. The van der Waals surface area contributed by atoms with Crippen LogP contribution >= 0.6 is 0 Å². The van der Waals surface area contributed by atoms with Crippen LogP contribution in [0.1, 0.15) is 30.0 Å². The summed E-state index contributed by atoms with van der Waals surface area (Å²) in [6.07, 6.45) is 7.12. The van der Waals surface area contributed by atoms with E-state index in [1.54, 1.807) is 0 Å². The topological polar surface area (TPSA) is 107 Å². The molecule has 4 rings (SSSR count). The number of imidazole rings is 1. The van der Waals surface area contributed by atoms with Gasteiger partial charge in [0.25, 0.3) is 0 Å². The summed E-state index contributed by atoms with van der Waals surface area (Å²) in [4.78, 5) is 23.9. The van der Waals surface area contributed by atoms with E-state index in [1.165, 1.54) is 30.8 Å². The van der Waals surface area contributed by atoms with Gasteiger partial charge < -0.3 is 14.9 Å². The van der Waals surface area contributed by atoms with Crippen LogP contribution in [0.25, 0.3) is 5.65 Å². The first-order valence-corrected chi connectivity index (χ1v) is 7.66. The first-order valence-electron chi connectivity index (χ1n) is 7.66. The van der Waals surface area contributed by atoms with Crippen molar-refractivity contribution in [3.63, 3.8) is 0 Å². The lowest BCUT2D eigenvalue weighted by Crippen LogP contribution is -2.14. The number of nitrogens with zero attached hydrogens (tertiary/aromatic N) is 4. The molecule has 0 aliphatic heterocycles. The zero-order valence-corrected chi connectivity index (χ0v) is 12.8. The van der Waals surface area contributed by atoms with Crippen molar-refractivity contribution in [2.75, 3.05) is 11.1 Å². The van der Waals surface area contributed by atoms with Crippen molar-refractivity contribution in [2.24, 2.45) is 0 Å². The van der Waals surface area contributed by atoms with Crippen molar-refractivity contribution < 1.29 is 9.53 Å². The van der Waals surface area contributed by atoms with E-state index in [0.717, 1.165) is 5.65 Å². The highest BCUT2D eigenvalue weighted by Crippen LogP contribution is 2.39.